The van der Waals surface area contributed by atoms with E-state index in [-0.39, 0.29) is 29.2 Å². The van der Waals surface area contributed by atoms with Gasteiger partial charge in [-0.25, -0.2) is 13.1 Å². The first kappa shape index (κ1) is 21.2. The molecule has 1 atom stereocenters. The van der Waals surface area contributed by atoms with Gasteiger partial charge in [-0.1, -0.05) is 36.4 Å². The summed E-state index contributed by atoms with van der Waals surface area (Å²) in [5.41, 5.74) is 0. The van der Waals surface area contributed by atoms with Crippen molar-refractivity contribution in [2.24, 2.45) is 0 Å². The van der Waals surface area contributed by atoms with Crippen LogP contribution in [0, 0.1) is 0 Å². The van der Waals surface area contributed by atoms with Crippen molar-refractivity contribution in [2.75, 3.05) is 29.4 Å². The summed E-state index contributed by atoms with van der Waals surface area (Å²) in [5.74, 6) is 1.72. The number of carbonyl (C=O) groups excluding carboxylic acids is 1. The highest BCUT2D eigenvalue weighted by Crippen LogP contribution is 2.29. The number of para-hydroxylation sites is 1. The number of ether oxygens (including phenoxy) is 1. The number of sulfonamides is 1. The summed E-state index contributed by atoms with van der Waals surface area (Å²) in [6.07, 6.45) is 0. The van der Waals surface area contributed by atoms with E-state index < -0.39 is 16.1 Å². The Morgan fingerprint density at radius 2 is 1.87 bits per heavy atom. The normalized spacial score (nSPS) is 16.6. The molecule has 1 aromatic heterocycles. The van der Waals surface area contributed by atoms with Gasteiger partial charge in [-0.2, -0.15) is 16.7 Å². The molecule has 0 aliphatic carbocycles. The summed E-state index contributed by atoms with van der Waals surface area (Å²) < 4.78 is 38.1. The molecule has 11 heteroatoms. The monoisotopic (exact) mass is 460 g/mol. The van der Waals surface area contributed by atoms with E-state index in [0.717, 1.165) is 5.75 Å². The van der Waals surface area contributed by atoms with Crippen LogP contribution in [-0.4, -0.2) is 54.0 Å². The van der Waals surface area contributed by atoms with Gasteiger partial charge in [-0.05, 0) is 29.4 Å². The molecule has 0 spiro atoms. The van der Waals surface area contributed by atoms with Crippen LogP contribution in [0.2, 0.25) is 0 Å². The molecule has 1 amide bonds. The number of aromatic nitrogens is 2. The van der Waals surface area contributed by atoms with E-state index in [9.17, 15) is 13.2 Å². The van der Waals surface area contributed by atoms with Crippen LogP contribution in [0.5, 0.6) is 5.75 Å². The van der Waals surface area contributed by atoms with Gasteiger partial charge >= 0.3 is 0 Å². The van der Waals surface area contributed by atoms with Crippen molar-refractivity contribution < 1.29 is 22.5 Å². The summed E-state index contributed by atoms with van der Waals surface area (Å²) in [5, 5.41) is 3.73. The molecule has 9 nitrogen and oxygen atoms in total. The van der Waals surface area contributed by atoms with Crippen LogP contribution >= 0.6 is 11.8 Å². The number of benzene rings is 2. The van der Waals surface area contributed by atoms with E-state index in [0.29, 0.717) is 18.0 Å². The zero-order valence-electron chi connectivity index (χ0n) is 16.4. The number of nitrogens with zero attached hydrogens (tertiary/aromatic N) is 3. The van der Waals surface area contributed by atoms with E-state index >= 15 is 0 Å². The van der Waals surface area contributed by atoms with E-state index in [1.807, 2.05) is 18.2 Å². The Balaban J connectivity index is 1.45. The molecule has 1 aliphatic rings. The van der Waals surface area contributed by atoms with Crippen LogP contribution in [0.25, 0.3) is 0 Å². The molecule has 0 radical (unpaired) electrons. The van der Waals surface area contributed by atoms with Crippen LogP contribution in [0.1, 0.15) is 11.9 Å². The smallest absolute Gasteiger partial charge is 0.277 e. The largest absolute Gasteiger partial charge is 0.484 e. The van der Waals surface area contributed by atoms with Crippen LogP contribution in [-0.2, 0) is 14.8 Å². The first-order valence-corrected chi connectivity index (χ1v) is 12.1. The molecule has 4 rings (SSSR count). The van der Waals surface area contributed by atoms with Gasteiger partial charge in [0.1, 0.15) is 11.8 Å². The lowest BCUT2D eigenvalue weighted by atomic mass is 10.2. The molecule has 1 unspecified atom stereocenters. The lowest BCUT2D eigenvalue weighted by Gasteiger charge is -2.32. The fraction of sp³-hybridized carbons (Fsp3) is 0.250. The zero-order chi connectivity index (χ0) is 21.7. The molecule has 2 aromatic carbocycles. The Kier molecular flexibility index (Phi) is 6.42. The van der Waals surface area contributed by atoms with Gasteiger partial charge in [0.2, 0.25) is 0 Å². The second kappa shape index (κ2) is 9.40. The van der Waals surface area contributed by atoms with E-state index in [1.165, 1.54) is 12.1 Å². The Bertz CT molecular complexity index is 1120. The number of nitrogens with one attached hydrogen (secondary N) is 1. The summed E-state index contributed by atoms with van der Waals surface area (Å²) in [6, 6.07) is 16.5. The lowest BCUT2D eigenvalue weighted by molar-refractivity contribution is -0.135. The summed E-state index contributed by atoms with van der Waals surface area (Å²) in [6.45, 7) is 0.382. The third kappa shape index (κ3) is 5.17. The fourth-order valence-electron chi connectivity index (χ4n) is 3.04. The summed E-state index contributed by atoms with van der Waals surface area (Å²) in [7, 11) is -3.84. The minimum atomic E-state index is -3.84. The predicted octanol–water partition coefficient (Wildman–Crippen LogP) is 2.57. The minimum absolute atomic E-state index is 0.0874. The summed E-state index contributed by atoms with van der Waals surface area (Å²) >= 11 is 1.65. The van der Waals surface area contributed by atoms with Gasteiger partial charge in [0.15, 0.2) is 6.61 Å². The van der Waals surface area contributed by atoms with Crippen molar-refractivity contribution in [2.45, 2.75) is 10.9 Å². The number of amides is 1. The van der Waals surface area contributed by atoms with Gasteiger partial charge in [0, 0.05) is 18.1 Å². The topological polar surface area (TPSA) is 115 Å². The van der Waals surface area contributed by atoms with Crippen molar-refractivity contribution in [3.8, 4) is 5.75 Å². The molecule has 0 saturated carbocycles. The number of rotatable bonds is 7. The van der Waals surface area contributed by atoms with Crippen molar-refractivity contribution in [1.82, 2.24) is 15.0 Å². The lowest BCUT2D eigenvalue weighted by Crippen LogP contribution is -2.43. The zero-order valence-corrected chi connectivity index (χ0v) is 18.0. The van der Waals surface area contributed by atoms with Crippen molar-refractivity contribution in [3.05, 3.63) is 66.6 Å². The van der Waals surface area contributed by atoms with Gasteiger partial charge in [-0.3, -0.25) is 4.79 Å². The third-order valence-corrected chi connectivity index (χ3v) is 6.93. The number of carbonyl (C=O) groups is 1. The first-order valence-electron chi connectivity index (χ1n) is 9.49. The Morgan fingerprint density at radius 1 is 1.16 bits per heavy atom. The number of anilines is 1. The maximum Gasteiger partial charge on any atom is 0.277 e. The van der Waals surface area contributed by atoms with E-state index in [4.69, 9.17) is 9.26 Å². The summed E-state index contributed by atoms with van der Waals surface area (Å²) in [4.78, 5) is 18.7. The molecule has 1 N–H and O–H groups in total. The van der Waals surface area contributed by atoms with E-state index in [2.05, 4.69) is 14.9 Å². The van der Waals surface area contributed by atoms with Crippen molar-refractivity contribution >= 4 is 33.6 Å². The predicted molar refractivity (Wildman–Crippen MR) is 115 cm³/mol. The van der Waals surface area contributed by atoms with Gasteiger partial charge in [-0.15, -0.1) is 0 Å². The van der Waals surface area contributed by atoms with Gasteiger partial charge in [0.25, 0.3) is 27.8 Å². The highest BCUT2D eigenvalue weighted by atomic mass is 32.2. The maximum atomic E-state index is 12.8. The minimum Gasteiger partial charge on any atom is -0.484 e. The Hall–Kier alpha value is -3.05. The highest BCUT2D eigenvalue weighted by molar-refractivity contribution is 7.99. The second-order valence-electron chi connectivity index (χ2n) is 6.65. The molecular weight excluding hydrogens is 440 g/mol. The van der Waals surface area contributed by atoms with Crippen molar-refractivity contribution in [1.29, 1.82) is 0 Å². The van der Waals surface area contributed by atoms with E-state index in [1.54, 1.807) is 47.0 Å². The second-order valence-corrected chi connectivity index (χ2v) is 9.49. The number of hydrogen-bond acceptors (Lipinski definition) is 8. The Morgan fingerprint density at radius 3 is 2.61 bits per heavy atom. The SMILES string of the molecule is O=C(COc1ccccc1)N1CCSCC1c1nc(NS(=O)(=O)c2ccccc2)no1. The van der Waals surface area contributed by atoms with Crippen LogP contribution in [0.4, 0.5) is 5.95 Å². The van der Waals surface area contributed by atoms with Crippen LogP contribution < -0.4 is 9.46 Å². The standard InChI is InChI=1S/C20H20N4O5S2/c25-18(13-28-15-7-3-1-4-8-15)24-11-12-30-14-17(24)19-21-20(22-29-19)23-31(26,27)16-9-5-2-6-10-16/h1-10,17H,11-14H2,(H,22,23). The molecule has 31 heavy (non-hydrogen) atoms. The quantitative estimate of drug-likeness (QED) is 0.572. The maximum absolute atomic E-state index is 12.8. The molecule has 0 bridgehead atoms. The average Bonchev–Trinajstić information content (AvgIpc) is 3.26. The van der Waals surface area contributed by atoms with Gasteiger partial charge in [0.05, 0.1) is 4.90 Å². The molecule has 2 heterocycles. The molecule has 162 valence electrons. The molecule has 1 saturated heterocycles. The van der Waals surface area contributed by atoms with Crippen molar-refractivity contribution in [3.63, 3.8) is 0 Å². The fourth-order valence-corrected chi connectivity index (χ4v) is 5.04. The number of thioether (sulfide) groups is 1. The van der Waals surface area contributed by atoms with Crippen LogP contribution in [0.15, 0.2) is 70.1 Å². The van der Waals surface area contributed by atoms with Gasteiger partial charge < -0.3 is 14.2 Å². The third-order valence-electron chi connectivity index (χ3n) is 4.56. The molecule has 1 fully saturated rings. The first-order chi connectivity index (χ1) is 15.0. The average molecular weight is 461 g/mol. The van der Waals surface area contributed by atoms with Crippen LogP contribution in [0.3, 0.4) is 0 Å². The Labute approximate surface area is 183 Å². The molecule has 1 aliphatic heterocycles. The molecular formula is C20H20N4O5S2. The molecule has 3 aromatic rings. The number of hydrogen-bond donors (Lipinski definition) is 1. The highest BCUT2D eigenvalue weighted by Gasteiger charge is 2.33.